The Bertz CT molecular complexity index is 126. The van der Waals surface area contributed by atoms with Crippen molar-refractivity contribution in [3.8, 4) is 0 Å². The van der Waals surface area contributed by atoms with E-state index in [1.165, 1.54) is 25.8 Å². The molecule has 0 saturated carbocycles. The maximum absolute atomic E-state index is 4.27. The van der Waals surface area contributed by atoms with E-state index in [0.717, 1.165) is 13.1 Å². The van der Waals surface area contributed by atoms with Gasteiger partial charge in [-0.2, -0.15) is 0 Å². The first kappa shape index (κ1) is 11.0. The fourth-order valence-electron chi connectivity index (χ4n) is 2.15. The van der Waals surface area contributed by atoms with Crippen molar-refractivity contribution in [2.24, 2.45) is 0 Å². The van der Waals surface area contributed by atoms with Crippen molar-refractivity contribution in [2.45, 2.75) is 45.2 Å². The number of hydrogen-bond donors (Lipinski definition) is 1. The van der Waals surface area contributed by atoms with Gasteiger partial charge < -0.3 is 5.32 Å². The van der Waals surface area contributed by atoms with Crippen LogP contribution in [0.4, 0.5) is 0 Å². The molecule has 0 aromatic rings. The van der Waals surface area contributed by atoms with E-state index in [1.54, 1.807) is 0 Å². The van der Waals surface area contributed by atoms with Crippen molar-refractivity contribution >= 4 is 0 Å². The molecule has 2 atom stereocenters. The third kappa shape index (κ3) is 2.96. The van der Waals surface area contributed by atoms with Gasteiger partial charge in [0.1, 0.15) is 0 Å². The molecule has 2 nitrogen and oxygen atoms in total. The van der Waals surface area contributed by atoms with Crippen LogP contribution in [0, 0.1) is 6.92 Å². The van der Waals surface area contributed by atoms with E-state index < -0.39 is 0 Å². The van der Waals surface area contributed by atoms with Crippen LogP contribution in [0.25, 0.3) is 0 Å². The molecule has 1 radical (unpaired) electrons. The largest absolute Gasteiger partial charge is 0.312 e. The van der Waals surface area contributed by atoms with E-state index in [1.807, 2.05) is 0 Å². The molecule has 2 heteroatoms. The summed E-state index contributed by atoms with van der Waals surface area (Å²) < 4.78 is 0. The Balaban J connectivity index is 2.38. The summed E-state index contributed by atoms with van der Waals surface area (Å²) in [4.78, 5) is 2.43. The quantitative estimate of drug-likeness (QED) is 0.713. The van der Waals surface area contributed by atoms with Crippen LogP contribution in [-0.4, -0.2) is 36.6 Å². The van der Waals surface area contributed by atoms with Crippen molar-refractivity contribution in [1.29, 1.82) is 0 Å². The molecule has 1 saturated heterocycles. The monoisotopic (exact) mass is 183 g/mol. The van der Waals surface area contributed by atoms with Crippen molar-refractivity contribution in [3.05, 3.63) is 6.92 Å². The lowest BCUT2D eigenvalue weighted by atomic mass is 9.98. The summed E-state index contributed by atoms with van der Waals surface area (Å²) in [5.74, 6) is 0. The topological polar surface area (TPSA) is 15.3 Å². The molecule has 0 aromatic carbocycles. The molecular formula is C11H23N2. The summed E-state index contributed by atoms with van der Waals surface area (Å²) in [5, 5.41) is 3.56. The molecule has 1 heterocycles. The Morgan fingerprint density at radius 3 is 2.54 bits per heavy atom. The Hall–Kier alpha value is -0.0800. The smallest absolute Gasteiger partial charge is 0.0249 e. The van der Waals surface area contributed by atoms with Gasteiger partial charge in [-0.05, 0) is 39.4 Å². The van der Waals surface area contributed by atoms with E-state index in [-0.39, 0.29) is 0 Å². The second-order valence-electron chi connectivity index (χ2n) is 3.84. The average molecular weight is 183 g/mol. The summed E-state index contributed by atoms with van der Waals surface area (Å²) in [5.41, 5.74) is 0. The molecule has 0 aliphatic carbocycles. The molecule has 77 valence electrons. The lowest BCUT2D eigenvalue weighted by Gasteiger charge is -2.36. The predicted molar refractivity (Wildman–Crippen MR) is 57.7 cm³/mol. The van der Waals surface area contributed by atoms with Gasteiger partial charge in [0.25, 0.3) is 0 Å². The molecule has 0 aromatic heterocycles. The number of likely N-dealkylation sites (N-methyl/N-ethyl adjacent to an activating group) is 1. The third-order valence-corrected chi connectivity index (χ3v) is 3.09. The van der Waals surface area contributed by atoms with Gasteiger partial charge in [0, 0.05) is 12.1 Å². The van der Waals surface area contributed by atoms with E-state index >= 15 is 0 Å². The Kier molecular flexibility index (Phi) is 4.74. The summed E-state index contributed by atoms with van der Waals surface area (Å²) >= 11 is 0. The highest BCUT2D eigenvalue weighted by Crippen LogP contribution is 2.14. The first-order chi connectivity index (χ1) is 6.29. The van der Waals surface area contributed by atoms with Crippen LogP contribution in [0.1, 0.15) is 33.1 Å². The van der Waals surface area contributed by atoms with Crippen molar-refractivity contribution in [3.63, 3.8) is 0 Å². The number of nitrogens with zero attached hydrogens (tertiary/aromatic N) is 1. The van der Waals surface area contributed by atoms with Crippen LogP contribution in [0.3, 0.4) is 0 Å². The molecule has 13 heavy (non-hydrogen) atoms. The second-order valence-corrected chi connectivity index (χ2v) is 3.84. The third-order valence-electron chi connectivity index (χ3n) is 3.09. The van der Waals surface area contributed by atoms with Gasteiger partial charge in [0.05, 0.1) is 0 Å². The minimum absolute atomic E-state index is 0.454. The Morgan fingerprint density at radius 1 is 1.38 bits per heavy atom. The maximum atomic E-state index is 4.27. The molecular weight excluding hydrogens is 160 g/mol. The lowest BCUT2D eigenvalue weighted by Crippen LogP contribution is -2.50. The zero-order chi connectivity index (χ0) is 9.68. The van der Waals surface area contributed by atoms with Gasteiger partial charge in [-0.25, -0.2) is 0 Å². The number of hydrogen-bond acceptors (Lipinski definition) is 2. The molecule has 0 amide bonds. The number of piperidine rings is 1. The summed E-state index contributed by atoms with van der Waals surface area (Å²) in [7, 11) is 0. The van der Waals surface area contributed by atoms with E-state index in [2.05, 4.69) is 31.0 Å². The minimum atomic E-state index is 0.454. The first-order valence-electron chi connectivity index (χ1n) is 5.60. The van der Waals surface area contributed by atoms with Gasteiger partial charge in [0.15, 0.2) is 0 Å². The van der Waals surface area contributed by atoms with E-state index in [9.17, 15) is 0 Å². The van der Waals surface area contributed by atoms with Crippen LogP contribution < -0.4 is 5.32 Å². The second kappa shape index (κ2) is 5.61. The lowest BCUT2D eigenvalue weighted by molar-refractivity contribution is 0.187. The van der Waals surface area contributed by atoms with Crippen LogP contribution in [0.15, 0.2) is 0 Å². The normalized spacial score (nSPS) is 26.3. The molecule has 1 aliphatic rings. The Morgan fingerprint density at radius 2 is 2.08 bits per heavy atom. The highest BCUT2D eigenvalue weighted by atomic mass is 15.2. The molecule has 0 bridgehead atoms. The Labute approximate surface area is 82.7 Å². The zero-order valence-corrected chi connectivity index (χ0v) is 9.05. The van der Waals surface area contributed by atoms with Crippen LogP contribution in [-0.2, 0) is 0 Å². The fourth-order valence-corrected chi connectivity index (χ4v) is 2.15. The summed E-state index contributed by atoms with van der Waals surface area (Å²) in [6, 6.07) is 1.07. The molecule has 1 N–H and O–H groups in total. The number of nitrogens with one attached hydrogen (secondary N) is 1. The SMILES string of the molecule is [CH2]C(C1CCCCN1)N(CC)CC. The van der Waals surface area contributed by atoms with Crippen molar-refractivity contribution < 1.29 is 0 Å². The highest BCUT2D eigenvalue weighted by Gasteiger charge is 2.22. The molecule has 2 unspecified atom stereocenters. The van der Waals surface area contributed by atoms with Crippen LogP contribution in [0.2, 0.25) is 0 Å². The molecule has 1 fully saturated rings. The first-order valence-corrected chi connectivity index (χ1v) is 5.60. The summed E-state index contributed by atoms with van der Waals surface area (Å²) in [6.07, 6.45) is 4.00. The van der Waals surface area contributed by atoms with Gasteiger partial charge in [-0.15, -0.1) is 0 Å². The fraction of sp³-hybridized carbons (Fsp3) is 0.909. The maximum Gasteiger partial charge on any atom is 0.0249 e. The van der Waals surface area contributed by atoms with Gasteiger partial charge >= 0.3 is 0 Å². The van der Waals surface area contributed by atoms with Gasteiger partial charge in [-0.1, -0.05) is 20.3 Å². The van der Waals surface area contributed by atoms with Gasteiger partial charge in [0.2, 0.25) is 0 Å². The molecule has 0 spiro atoms. The average Bonchev–Trinajstić information content (AvgIpc) is 2.21. The highest BCUT2D eigenvalue weighted by molar-refractivity contribution is 4.87. The van der Waals surface area contributed by atoms with Gasteiger partial charge in [-0.3, -0.25) is 4.90 Å². The minimum Gasteiger partial charge on any atom is -0.312 e. The number of rotatable bonds is 4. The standard InChI is InChI=1S/C11H23N2/c1-4-13(5-2)10(3)11-8-6-7-9-12-11/h10-12H,3-9H2,1-2H3. The van der Waals surface area contributed by atoms with E-state index in [4.69, 9.17) is 0 Å². The predicted octanol–water partition coefficient (Wildman–Crippen LogP) is 1.67. The van der Waals surface area contributed by atoms with E-state index in [0.29, 0.717) is 12.1 Å². The van der Waals surface area contributed by atoms with Crippen molar-refractivity contribution in [2.75, 3.05) is 19.6 Å². The molecule has 1 rings (SSSR count). The van der Waals surface area contributed by atoms with Crippen LogP contribution in [0.5, 0.6) is 0 Å². The van der Waals surface area contributed by atoms with Crippen LogP contribution >= 0.6 is 0 Å². The molecule has 1 aliphatic heterocycles. The van der Waals surface area contributed by atoms with Crippen molar-refractivity contribution in [1.82, 2.24) is 10.2 Å². The summed E-state index contributed by atoms with van der Waals surface area (Å²) in [6.45, 7) is 12.1. The zero-order valence-electron chi connectivity index (χ0n) is 9.05.